The predicted octanol–water partition coefficient (Wildman–Crippen LogP) is 1.79. The first-order valence-electron chi connectivity index (χ1n) is 5.87. The van der Waals surface area contributed by atoms with E-state index >= 15 is 0 Å². The van der Waals surface area contributed by atoms with Gasteiger partial charge in [-0.2, -0.15) is 0 Å². The van der Waals surface area contributed by atoms with Crippen molar-refractivity contribution in [2.45, 2.75) is 25.4 Å². The maximum atomic E-state index is 4.54. The number of nitrogens with zero attached hydrogens (tertiary/aromatic N) is 3. The van der Waals surface area contributed by atoms with E-state index in [1.54, 1.807) is 12.4 Å². The van der Waals surface area contributed by atoms with Crippen molar-refractivity contribution in [2.24, 2.45) is 0 Å². The Bertz CT molecular complexity index is 494. The lowest BCUT2D eigenvalue weighted by atomic mass is 10.2. The Hall–Kier alpha value is -1.81. The van der Waals surface area contributed by atoms with Gasteiger partial charge in [0.05, 0.1) is 5.69 Å². The molecule has 2 heterocycles. The standard InChI is InChI=1S/C13H14N4/c1-2-11(1)16-9-12-5-8-15-13(17-12)10-3-6-14-7-4-10/h3-8,11,16H,1-2,9H2. The van der Waals surface area contributed by atoms with Gasteiger partial charge in [0.1, 0.15) is 0 Å². The van der Waals surface area contributed by atoms with Crippen molar-refractivity contribution in [3.8, 4) is 11.4 Å². The maximum absolute atomic E-state index is 4.54. The van der Waals surface area contributed by atoms with Gasteiger partial charge in [-0.25, -0.2) is 9.97 Å². The van der Waals surface area contributed by atoms with Gasteiger partial charge in [0.25, 0.3) is 0 Å². The highest BCUT2D eigenvalue weighted by Crippen LogP contribution is 2.19. The average molecular weight is 226 g/mol. The number of hydrogen-bond acceptors (Lipinski definition) is 4. The van der Waals surface area contributed by atoms with E-state index in [-0.39, 0.29) is 0 Å². The van der Waals surface area contributed by atoms with Gasteiger partial charge in [0, 0.05) is 36.7 Å². The second-order valence-corrected chi connectivity index (χ2v) is 4.26. The molecule has 1 fully saturated rings. The van der Waals surface area contributed by atoms with E-state index in [4.69, 9.17) is 0 Å². The van der Waals surface area contributed by atoms with Crippen LogP contribution in [0, 0.1) is 0 Å². The second kappa shape index (κ2) is 4.59. The second-order valence-electron chi connectivity index (χ2n) is 4.26. The predicted molar refractivity (Wildman–Crippen MR) is 65.1 cm³/mol. The van der Waals surface area contributed by atoms with Crippen molar-refractivity contribution in [1.29, 1.82) is 0 Å². The van der Waals surface area contributed by atoms with Crippen LogP contribution >= 0.6 is 0 Å². The lowest BCUT2D eigenvalue weighted by molar-refractivity contribution is 0.673. The summed E-state index contributed by atoms with van der Waals surface area (Å²) < 4.78 is 0. The van der Waals surface area contributed by atoms with Gasteiger partial charge < -0.3 is 5.32 Å². The summed E-state index contributed by atoms with van der Waals surface area (Å²) in [7, 11) is 0. The summed E-state index contributed by atoms with van der Waals surface area (Å²) in [4.78, 5) is 12.8. The van der Waals surface area contributed by atoms with E-state index in [0.717, 1.165) is 23.6 Å². The van der Waals surface area contributed by atoms with Crippen LogP contribution in [0.3, 0.4) is 0 Å². The van der Waals surface area contributed by atoms with Crippen LogP contribution in [0.4, 0.5) is 0 Å². The van der Waals surface area contributed by atoms with Crippen molar-refractivity contribution in [1.82, 2.24) is 20.3 Å². The SMILES string of the molecule is c1cc(-c2nccc(CNC3CC3)n2)ccn1. The Morgan fingerprint density at radius 1 is 1.12 bits per heavy atom. The quantitative estimate of drug-likeness (QED) is 0.863. The molecular weight excluding hydrogens is 212 g/mol. The zero-order chi connectivity index (χ0) is 11.5. The largest absolute Gasteiger partial charge is 0.308 e. The minimum atomic E-state index is 0.703. The van der Waals surface area contributed by atoms with Gasteiger partial charge in [0.2, 0.25) is 0 Å². The number of aromatic nitrogens is 3. The molecule has 1 N–H and O–H groups in total. The van der Waals surface area contributed by atoms with Crippen LogP contribution in [0.15, 0.2) is 36.8 Å². The molecule has 0 aromatic carbocycles. The lowest BCUT2D eigenvalue weighted by Gasteiger charge is -2.04. The van der Waals surface area contributed by atoms with Crippen molar-refractivity contribution in [3.05, 3.63) is 42.5 Å². The molecule has 86 valence electrons. The summed E-state index contributed by atoms with van der Waals surface area (Å²) in [5.41, 5.74) is 2.05. The Morgan fingerprint density at radius 2 is 1.94 bits per heavy atom. The van der Waals surface area contributed by atoms with Crippen LogP contribution in [-0.2, 0) is 6.54 Å². The highest BCUT2D eigenvalue weighted by molar-refractivity contribution is 5.53. The molecular formula is C13H14N4. The van der Waals surface area contributed by atoms with Crippen LogP contribution in [0.1, 0.15) is 18.5 Å². The maximum Gasteiger partial charge on any atom is 0.159 e. The monoisotopic (exact) mass is 226 g/mol. The summed E-state index contributed by atoms with van der Waals surface area (Å²) in [5, 5.41) is 3.45. The fourth-order valence-corrected chi connectivity index (χ4v) is 1.67. The fourth-order valence-electron chi connectivity index (χ4n) is 1.67. The Labute approximate surface area is 100 Å². The molecule has 4 nitrogen and oxygen atoms in total. The molecule has 0 saturated heterocycles. The first-order valence-corrected chi connectivity index (χ1v) is 5.87. The molecule has 2 aromatic heterocycles. The molecule has 0 spiro atoms. The molecule has 0 radical (unpaired) electrons. The van der Waals surface area contributed by atoms with Crippen LogP contribution in [0.2, 0.25) is 0 Å². The van der Waals surface area contributed by atoms with Crippen molar-refractivity contribution >= 4 is 0 Å². The van der Waals surface area contributed by atoms with Gasteiger partial charge >= 0.3 is 0 Å². The van der Waals surface area contributed by atoms with Crippen molar-refractivity contribution in [2.75, 3.05) is 0 Å². The molecule has 1 aliphatic rings. The molecule has 0 atom stereocenters. The van der Waals surface area contributed by atoms with E-state index in [2.05, 4.69) is 20.3 Å². The van der Waals surface area contributed by atoms with Crippen LogP contribution in [-0.4, -0.2) is 21.0 Å². The van der Waals surface area contributed by atoms with Gasteiger partial charge in [-0.15, -0.1) is 0 Å². The van der Waals surface area contributed by atoms with E-state index in [9.17, 15) is 0 Å². The smallest absolute Gasteiger partial charge is 0.159 e. The molecule has 0 unspecified atom stereocenters. The Balaban J connectivity index is 1.78. The van der Waals surface area contributed by atoms with Crippen molar-refractivity contribution < 1.29 is 0 Å². The number of rotatable bonds is 4. The first kappa shape index (κ1) is 10.4. The van der Waals surface area contributed by atoms with Crippen LogP contribution in [0.25, 0.3) is 11.4 Å². The highest BCUT2D eigenvalue weighted by Gasteiger charge is 2.20. The third kappa shape index (κ3) is 2.65. The number of pyridine rings is 1. The van der Waals surface area contributed by atoms with Gasteiger partial charge in [-0.3, -0.25) is 4.98 Å². The number of hydrogen-bond donors (Lipinski definition) is 1. The molecule has 0 amide bonds. The molecule has 2 aromatic rings. The summed E-state index contributed by atoms with van der Waals surface area (Å²) in [6.07, 6.45) is 7.92. The van der Waals surface area contributed by atoms with Gasteiger partial charge in [-0.05, 0) is 31.0 Å². The molecule has 17 heavy (non-hydrogen) atoms. The minimum absolute atomic E-state index is 0.703. The molecule has 4 heteroatoms. The first-order chi connectivity index (χ1) is 8.42. The fraction of sp³-hybridized carbons (Fsp3) is 0.308. The summed E-state index contributed by atoms with van der Waals surface area (Å²) >= 11 is 0. The molecule has 3 rings (SSSR count). The number of nitrogens with one attached hydrogen (secondary N) is 1. The summed E-state index contributed by atoms with van der Waals surface area (Å²) in [6, 6.07) is 6.51. The van der Waals surface area contributed by atoms with Gasteiger partial charge in [-0.1, -0.05) is 0 Å². The molecule has 1 saturated carbocycles. The van der Waals surface area contributed by atoms with Crippen LogP contribution < -0.4 is 5.32 Å². The summed E-state index contributed by atoms with van der Waals surface area (Å²) in [6.45, 7) is 0.825. The molecule has 0 aliphatic heterocycles. The van der Waals surface area contributed by atoms with E-state index in [1.807, 2.05) is 24.4 Å². The molecule has 1 aliphatic carbocycles. The average Bonchev–Trinajstić information content (AvgIpc) is 3.22. The van der Waals surface area contributed by atoms with E-state index < -0.39 is 0 Å². The van der Waals surface area contributed by atoms with Gasteiger partial charge in [0.15, 0.2) is 5.82 Å². The van der Waals surface area contributed by atoms with Crippen molar-refractivity contribution in [3.63, 3.8) is 0 Å². The Morgan fingerprint density at radius 3 is 2.71 bits per heavy atom. The van der Waals surface area contributed by atoms with Crippen LogP contribution in [0.5, 0.6) is 0 Å². The topological polar surface area (TPSA) is 50.7 Å². The third-order valence-corrected chi connectivity index (χ3v) is 2.80. The minimum Gasteiger partial charge on any atom is -0.308 e. The molecule has 0 bridgehead atoms. The highest BCUT2D eigenvalue weighted by atomic mass is 15.0. The summed E-state index contributed by atoms with van der Waals surface area (Å²) in [5.74, 6) is 0.766. The van der Waals surface area contributed by atoms with E-state index in [1.165, 1.54) is 12.8 Å². The van der Waals surface area contributed by atoms with E-state index in [0.29, 0.717) is 6.04 Å². The zero-order valence-electron chi connectivity index (χ0n) is 9.50. The lowest BCUT2D eigenvalue weighted by Crippen LogP contribution is -2.16. The zero-order valence-corrected chi connectivity index (χ0v) is 9.50. The normalized spacial score (nSPS) is 14.8. The third-order valence-electron chi connectivity index (χ3n) is 2.80. The Kier molecular flexibility index (Phi) is 2.80.